The van der Waals surface area contributed by atoms with Crippen LogP contribution >= 0.6 is 0 Å². The Morgan fingerprint density at radius 1 is 1.20 bits per heavy atom. The van der Waals surface area contributed by atoms with Crippen LogP contribution in [-0.2, 0) is 6.54 Å². The van der Waals surface area contributed by atoms with Gasteiger partial charge >= 0.3 is 0 Å². The van der Waals surface area contributed by atoms with Crippen LogP contribution in [0.15, 0.2) is 47.6 Å². The van der Waals surface area contributed by atoms with Crippen LogP contribution in [0.5, 0.6) is 0 Å². The first-order valence-corrected chi connectivity index (χ1v) is 10.2. The molecule has 1 atom stereocenters. The minimum atomic E-state index is -0.529. The third-order valence-corrected chi connectivity index (χ3v) is 5.27. The molecule has 1 unspecified atom stereocenters. The van der Waals surface area contributed by atoms with Crippen molar-refractivity contribution in [3.8, 4) is 0 Å². The number of guanidine groups is 1. The standard InChI is InChI=1S/C22H26F2N6/c1-3-25-22(26-12-17-14-30-15(2)6-4-9-20(30)27-17)28-16-10-11-29(13-16)21-18(23)7-5-8-19(21)24/h4-9,14,16H,3,10-13H2,1-2H3,(H2,25,26,28). The summed E-state index contributed by atoms with van der Waals surface area (Å²) < 4.78 is 30.2. The summed E-state index contributed by atoms with van der Waals surface area (Å²) in [5.41, 5.74) is 2.94. The number of halogens is 2. The highest BCUT2D eigenvalue weighted by Crippen LogP contribution is 2.26. The smallest absolute Gasteiger partial charge is 0.191 e. The normalized spacial score (nSPS) is 17.0. The first-order valence-electron chi connectivity index (χ1n) is 10.2. The van der Waals surface area contributed by atoms with Crippen molar-refractivity contribution in [3.63, 3.8) is 0 Å². The Morgan fingerprint density at radius 2 is 1.97 bits per heavy atom. The topological polar surface area (TPSA) is 57.0 Å². The average molecular weight is 412 g/mol. The lowest BCUT2D eigenvalue weighted by Gasteiger charge is -2.21. The van der Waals surface area contributed by atoms with Crippen molar-refractivity contribution in [2.75, 3.05) is 24.5 Å². The quantitative estimate of drug-likeness (QED) is 0.499. The van der Waals surface area contributed by atoms with Crippen LogP contribution in [0.2, 0.25) is 0 Å². The maximum Gasteiger partial charge on any atom is 0.191 e. The van der Waals surface area contributed by atoms with Gasteiger partial charge in [0.05, 0.1) is 12.2 Å². The Balaban J connectivity index is 1.44. The van der Waals surface area contributed by atoms with Gasteiger partial charge in [0.1, 0.15) is 23.0 Å². The zero-order valence-corrected chi connectivity index (χ0v) is 17.2. The Morgan fingerprint density at radius 3 is 2.70 bits per heavy atom. The van der Waals surface area contributed by atoms with Gasteiger partial charge in [0.2, 0.25) is 0 Å². The third-order valence-electron chi connectivity index (χ3n) is 5.27. The van der Waals surface area contributed by atoms with Crippen LogP contribution in [0.3, 0.4) is 0 Å². The van der Waals surface area contributed by atoms with Crippen LogP contribution < -0.4 is 15.5 Å². The number of benzene rings is 1. The van der Waals surface area contributed by atoms with Gasteiger partial charge in [0.15, 0.2) is 5.96 Å². The minimum Gasteiger partial charge on any atom is -0.365 e. The van der Waals surface area contributed by atoms with E-state index in [9.17, 15) is 8.78 Å². The molecule has 0 spiro atoms. The van der Waals surface area contributed by atoms with E-state index in [0.717, 1.165) is 23.5 Å². The largest absolute Gasteiger partial charge is 0.365 e. The molecule has 0 amide bonds. The van der Waals surface area contributed by atoms with Crippen LogP contribution in [0.1, 0.15) is 24.7 Å². The van der Waals surface area contributed by atoms with Gasteiger partial charge < -0.3 is 19.9 Å². The molecule has 2 N–H and O–H groups in total. The summed E-state index contributed by atoms with van der Waals surface area (Å²) in [6.07, 6.45) is 2.77. The number of anilines is 1. The SMILES string of the molecule is CCNC(=NCc1cn2c(C)cccc2n1)NC1CCN(c2c(F)cccc2F)C1. The van der Waals surface area contributed by atoms with Gasteiger partial charge in [-0.15, -0.1) is 0 Å². The fourth-order valence-electron chi connectivity index (χ4n) is 3.82. The van der Waals surface area contributed by atoms with E-state index >= 15 is 0 Å². The van der Waals surface area contributed by atoms with E-state index in [-0.39, 0.29) is 11.7 Å². The summed E-state index contributed by atoms with van der Waals surface area (Å²) in [7, 11) is 0. The van der Waals surface area contributed by atoms with Crippen molar-refractivity contribution in [2.24, 2.45) is 4.99 Å². The van der Waals surface area contributed by atoms with E-state index in [1.54, 1.807) is 4.90 Å². The monoisotopic (exact) mass is 412 g/mol. The first-order chi connectivity index (χ1) is 14.5. The number of fused-ring (bicyclic) bond motifs is 1. The first kappa shape index (κ1) is 20.1. The number of aliphatic imine (C=N–C) groups is 1. The second-order valence-corrected chi connectivity index (χ2v) is 7.47. The summed E-state index contributed by atoms with van der Waals surface area (Å²) >= 11 is 0. The summed E-state index contributed by atoms with van der Waals surface area (Å²) in [6, 6.07) is 10.0. The van der Waals surface area contributed by atoms with Crippen LogP contribution in [0.4, 0.5) is 14.5 Å². The molecule has 1 aliphatic heterocycles. The Kier molecular flexibility index (Phi) is 5.83. The second-order valence-electron chi connectivity index (χ2n) is 7.47. The Hall–Kier alpha value is -3.16. The number of nitrogens with zero attached hydrogens (tertiary/aromatic N) is 4. The molecule has 8 heteroatoms. The summed E-state index contributed by atoms with van der Waals surface area (Å²) in [4.78, 5) is 11.0. The molecule has 6 nitrogen and oxygen atoms in total. The summed E-state index contributed by atoms with van der Waals surface area (Å²) in [5.74, 6) is -0.385. The van der Waals surface area contributed by atoms with Crippen molar-refractivity contribution in [2.45, 2.75) is 32.9 Å². The number of hydrogen-bond acceptors (Lipinski definition) is 3. The molecule has 3 heterocycles. The van der Waals surface area contributed by atoms with E-state index in [2.05, 4.69) is 20.6 Å². The van der Waals surface area contributed by atoms with Crippen molar-refractivity contribution in [1.82, 2.24) is 20.0 Å². The van der Waals surface area contributed by atoms with E-state index in [0.29, 0.717) is 32.1 Å². The Bertz CT molecular complexity index is 1040. The van der Waals surface area contributed by atoms with Crippen LogP contribution in [0.25, 0.3) is 5.65 Å². The highest BCUT2D eigenvalue weighted by Gasteiger charge is 2.27. The Labute approximate surface area is 174 Å². The van der Waals surface area contributed by atoms with Gasteiger partial charge in [0.25, 0.3) is 0 Å². The number of hydrogen-bond donors (Lipinski definition) is 2. The molecule has 2 aromatic heterocycles. The molecule has 1 fully saturated rings. The lowest BCUT2D eigenvalue weighted by molar-refractivity contribution is 0.576. The minimum absolute atomic E-state index is 0.0452. The zero-order valence-electron chi connectivity index (χ0n) is 17.2. The van der Waals surface area contributed by atoms with Crippen molar-refractivity contribution >= 4 is 17.3 Å². The van der Waals surface area contributed by atoms with E-state index < -0.39 is 11.6 Å². The molecular formula is C22H26F2N6. The molecule has 158 valence electrons. The molecule has 0 bridgehead atoms. The fourth-order valence-corrected chi connectivity index (χ4v) is 3.82. The predicted molar refractivity (Wildman–Crippen MR) is 115 cm³/mol. The number of pyridine rings is 1. The molecule has 0 radical (unpaired) electrons. The van der Waals surface area contributed by atoms with Crippen molar-refractivity contribution in [3.05, 3.63) is 65.6 Å². The molecule has 0 saturated carbocycles. The van der Waals surface area contributed by atoms with Gasteiger partial charge in [-0.25, -0.2) is 18.8 Å². The van der Waals surface area contributed by atoms with E-state index in [1.165, 1.54) is 18.2 Å². The van der Waals surface area contributed by atoms with Crippen LogP contribution in [-0.4, -0.2) is 41.0 Å². The van der Waals surface area contributed by atoms with E-state index in [1.807, 2.05) is 42.6 Å². The predicted octanol–water partition coefficient (Wildman–Crippen LogP) is 3.25. The molecule has 1 aromatic carbocycles. The molecule has 4 rings (SSSR count). The molecular weight excluding hydrogens is 386 g/mol. The second kappa shape index (κ2) is 8.69. The summed E-state index contributed by atoms with van der Waals surface area (Å²) in [5, 5.41) is 6.63. The molecule has 0 aliphatic carbocycles. The van der Waals surface area contributed by atoms with Gasteiger partial charge in [-0.1, -0.05) is 12.1 Å². The van der Waals surface area contributed by atoms with Gasteiger partial charge in [-0.2, -0.15) is 0 Å². The zero-order chi connectivity index (χ0) is 21.1. The lowest BCUT2D eigenvalue weighted by atomic mass is 10.2. The fraction of sp³-hybridized carbons (Fsp3) is 0.364. The average Bonchev–Trinajstić information content (AvgIpc) is 3.34. The van der Waals surface area contributed by atoms with Crippen LogP contribution in [0, 0.1) is 18.6 Å². The number of nitrogens with one attached hydrogen (secondary N) is 2. The number of imidazole rings is 1. The van der Waals surface area contributed by atoms with Gasteiger partial charge in [-0.05, 0) is 44.5 Å². The maximum absolute atomic E-state index is 14.1. The molecule has 30 heavy (non-hydrogen) atoms. The van der Waals surface area contributed by atoms with Crippen molar-refractivity contribution < 1.29 is 8.78 Å². The number of aromatic nitrogens is 2. The van der Waals surface area contributed by atoms with E-state index in [4.69, 9.17) is 0 Å². The van der Waals surface area contributed by atoms with Gasteiger partial charge in [-0.3, -0.25) is 0 Å². The highest BCUT2D eigenvalue weighted by molar-refractivity contribution is 5.80. The number of rotatable bonds is 5. The molecule has 1 aliphatic rings. The van der Waals surface area contributed by atoms with Gasteiger partial charge in [0, 0.05) is 37.6 Å². The van der Waals surface area contributed by atoms with Crippen molar-refractivity contribution in [1.29, 1.82) is 0 Å². The number of para-hydroxylation sites is 1. The third kappa shape index (κ3) is 4.22. The molecule has 1 saturated heterocycles. The summed E-state index contributed by atoms with van der Waals surface area (Å²) in [6.45, 7) is 6.29. The molecule has 3 aromatic rings. The number of aryl methyl sites for hydroxylation is 1. The maximum atomic E-state index is 14.1. The lowest BCUT2D eigenvalue weighted by Crippen LogP contribution is -2.44. The highest BCUT2D eigenvalue weighted by atomic mass is 19.1.